The standard InChI is InChI=1S/C58H34N4/c1-2-18-39-36-31-32-49-46(34-36)54-45(24-14-27-50(54)58(49)47-25-8-3-19-40(47)41-20-4-9-26-48(41)58)57-60-55(37-16-13-15-35(33-37)38(39)17-1)59-56(61-57)44-23-7-12-30-53(44)62-51-28-10-5-21-42(51)43-22-6-11-29-52(43)62/h1-34H. The van der Waals surface area contributed by atoms with Crippen molar-refractivity contribution in [2.75, 3.05) is 0 Å². The maximum atomic E-state index is 5.55. The second-order valence-corrected chi connectivity index (χ2v) is 16.6. The van der Waals surface area contributed by atoms with E-state index in [-0.39, 0.29) is 0 Å². The molecule has 2 aliphatic carbocycles. The highest BCUT2D eigenvalue weighted by atomic mass is 15.1. The molecule has 0 saturated heterocycles. The van der Waals surface area contributed by atoms with Crippen molar-refractivity contribution in [1.82, 2.24) is 19.5 Å². The van der Waals surface area contributed by atoms with Crippen molar-refractivity contribution in [2.45, 2.75) is 5.41 Å². The zero-order valence-electron chi connectivity index (χ0n) is 33.4. The Balaban J connectivity index is 1.11. The molecule has 14 rings (SSSR count). The number of para-hydroxylation sites is 3. The summed E-state index contributed by atoms with van der Waals surface area (Å²) in [7, 11) is 0. The number of aromatic nitrogens is 4. The van der Waals surface area contributed by atoms with E-state index in [2.05, 4.69) is 211 Å². The number of hydrogen-bond donors (Lipinski definition) is 0. The van der Waals surface area contributed by atoms with Gasteiger partial charge in [-0.05, 0) is 103 Å². The first kappa shape index (κ1) is 33.6. The summed E-state index contributed by atoms with van der Waals surface area (Å²) in [6, 6.07) is 75.2. The third kappa shape index (κ3) is 4.37. The van der Waals surface area contributed by atoms with Gasteiger partial charge in [0.05, 0.1) is 22.1 Å². The van der Waals surface area contributed by atoms with E-state index in [9.17, 15) is 0 Å². The second-order valence-electron chi connectivity index (χ2n) is 16.6. The van der Waals surface area contributed by atoms with Gasteiger partial charge >= 0.3 is 0 Å². The van der Waals surface area contributed by atoms with Crippen LogP contribution in [0.25, 0.3) is 106 Å². The van der Waals surface area contributed by atoms with Gasteiger partial charge in [0, 0.05) is 27.5 Å². The number of rotatable bonds is 2. The number of fused-ring (bicyclic) bond motifs is 20. The molecule has 62 heavy (non-hydrogen) atoms. The van der Waals surface area contributed by atoms with Crippen molar-refractivity contribution in [1.29, 1.82) is 0 Å². The lowest BCUT2D eigenvalue weighted by atomic mass is 9.70. The molecule has 11 aromatic rings. The molecule has 286 valence electrons. The first-order valence-electron chi connectivity index (χ1n) is 21.3. The fourth-order valence-electron chi connectivity index (χ4n) is 11.1. The minimum atomic E-state index is -0.519. The Labute approximate surface area is 358 Å². The molecular weight excluding hydrogens is 753 g/mol. The minimum absolute atomic E-state index is 0.519. The van der Waals surface area contributed by atoms with Crippen molar-refractivity contribution in [3.63, 3.8) is 0 Å². The Morgan fingerprint density at radius 2 is 0.790 bits per heavy atom. The van der Waals surface area contributed by atoms with Crippen LogP contribution in [0.2, 0.25) is 0 Å². The largest absolute Gasteiger partial charge is 0.309 e. The van der Waals surface area contributed by atoms with Crippen molar-refractivity contribution < 1.29 is 0 Å². The van der Waals surface area contributed by atoms with Crippen LogP contribution in [-0.4, -0.2) is 19.5 Å². The molecule has 0 amide bonds. The van der Waals surface area contributed by atoms with Crippen LogP contribution in [0.3, 0.4) is 0 Å². The number of benzene rings is 9. The second kappa shape index (κ2) is 12.4. The zero-order valence-corrected chi connectivity index (χ0v) is 33.4. The molecule has 6 bridgehead atoms. The van der Waals surface area contributed by atoms with Gasteiger partial charge in [0.25, 0.3) is 0 Å². The molecule has 1 spiro atoms. The fourth-order valence-corrected chi connectivity index (χ4v) is 11.1. The molecule has 3 aliphatic rings. The highest BCUT2D eigenvalue weighted by Gasteiger charge is 2.52. The monoisotopic (exact) mass is 786 g/mol. The average molecular weight is 787 g/mol. The molecule has 4 heteroatoms. The van der Waals surface area contributed by atoms with Crippen LogP contribution in [-0.2, 0) is 5.41 Å². The van der Waals surface area contributed by atoms with Crippen molar-refractivity contribution in [3.05, 3.63) is 229 Å². The molecule has 0 unspecified atom stereocenters. The van der Waals surface area contributed by atoms with Gasteiger partial charge in [-0.15, -0.1) is 0 Å². The molecule has 9 aromatic carbocycles. The van der Waals surface area contributed by atoms with E-state index in [4.69, 9.17) is 15.0 Å². The summed E-state index contributed by atoms with van der Waals surface area (Å²) in [6.45, 7) is 0. The fraction of sp³-hybridized carbons (Fsp3) is 0.0172. The lowest BCUT2D eigenvalue weighted by Crippen LogP contribution is -2.25. The third-order valence-corrected chi connectivity index (χ3v) is 13.6. The molecular formula is C58H34N4. The van der Waals surface area contributed by atoms with Gasteiger partial charge in [0.1, 0.15) is 0 Å². The van der Waals surface area contributed by atoms with Gasteiger partial charge in [-0.25, -0.2) is 15.0 Å². The Morgan fingerprint density at radius 1 is 0.306 bits per heavy atom. The summed E-state index contributed by atoms with van der Waals surface area (Å²) in [5.41, 5.74) is 20.3. The van der Waals surface area contributed by atoms with Crippen molar-refractivity contribution in [2.24, 2.45) is 0 Å². The lowest BCUT2D eigenvalue weighted by Gasteiger charge is -2.30. The normalized spacial score (nSPS) is 13.3. The van der Waals surface area contributed by atoms with E-state index in [1.54, 1.807) is 0 Å². The van der Waals surface area contributed by atoms with Gasteiger partial charge in [-0.1, -0.05) is 170 Å². The van der Waals surface area contributed by atoms with Crippen LogP contribution >= 0.6 is 0 Å². The summed E-state index contributed by atoms with van der Waals surface area (Å²) in [4.78, 5) is 16.4. The first-order valence-corrected chi connectivity index (χ1v) is 21.3. The number of hydrogen-bond acceptors (Lipinski definition) is 3. The van der Waals surface area contributed by atoms with E-state index in [1.807, 2.05) is 0 Å². The van der Waals surface area contributed by atoms with Gasteiger partial charge in [0.15, 0.2) is 17.5 Å². The highest BCUT2D eigenvalue weighted by molar-refractivity contribution is 6.10. The Hall–Kier alpha value is -8.21. The Bertz CT molecular complexity index is 3620. The predicted octanol–water partition coefficient (Wildman–Crippen LogP) is 14.0. The quantitative estimate of drug-likeness (QED) is 0.175. The zero-order chi connectivity index (χ0) is 40.5. The molecule has 0 atom stereocenters. The van der Waals surface area contributed by atoms with Crippen molar-refractivity contribution in [3.8, 4) is 84.4 Å². The summed E-state index contributed by atoms with van der Waals surface area (Å²) < 4.78 is 2.36. The smallest absolute Gasteiger partial charge is 0.166 e. The number of nitrogens with zero attached hydrogens (tertiary/aromatic N) is 4. The maximum absolute atomic E-state index is 5.55. The molecule has 0 N–H and O–H groups in total. The summed E-state index contributed by atoms with van der Waals surface area (Å²) >= 11 is 0. The van der Waals surface area contributed by atoms with E-state index in [0.29, 0.717) is 17.5 Å². The molecule has 0 radical (unpaired) electrons. The molecule has 0 saturated carbocycles. The van der Waals surface area contributed by atoms with E-state index < -0.39 is 5.41 Å². The summed E-state index contributed by atoms with van der Waals surface area (Å²) in [5, 5.41) is 2.42. The summed E-state index contributed by atoms with van der Waals surface area (Å²) in [6.07, 6.45) is 0. The van der Waals surface area contributed by atoms with Crippen LogP contribution in [0.5, 0.6) is 0 Å². The average Bonchev–Trinajstić information content (AvgIpc) is 3.95. The Morgan fingerprint density at radius 3 is 1.50 bits per heavy atom. The van der Waals surface area contributed by atoms with Gasteiger partial charge < -0.3 is 4.57 Å². The maximum Gasteiger partial charge on any atom is 0.166 e. The molecule has 1 aliphatic heterocycles. The lowest BCUT2D eigenvalue weighted by molar-refractivity contribution is 0.794. The molecule has 2 aromatic heterocycles. The summed E-state index contributed by atoms with van der Waals surface area (Å²) in [5.74, 6) is 1.90. The van der Waals surface area contributed by atoms with Crippen LogP contribution in [0.1, 0.15) is 22.3 Å². The van der Waals surface area contributed by atoms with Crippen LogP contribution < -0.4 is 0 Å². The van der Waals surface area contributed by atoms with Gasteiger partial charge in [0.2, 0.25) is 0 Å². The van der Waals surface area contributed by atoms with E-state index in [1.165, 1.54) is 60.8 Å². The van der Waals surface area contributed by atoms with Gasteiger partial charge in [-0.3, -0.25) is 0 Å². The van der Waals surface area contributed by atoms with Crippen LogP contribution in [0, 0.1) is 0 Å². The third-order valence-electron chi connectivity index (χ3n) is 13.6. The SMILES string of the molecule is c1cc2cc(c1)-c1ccccc1-c1ccc3c(c1)-c1c(cccc1C31c3ccccc3-c3ccccc31)-c1nc-2nc(-c2ccccc2-n2c3ccccc3c3ccccc32)n1. The molecule has 3 heterocycles. The van der Waals surface area contributed by atoms with E-state index >= 15 is 0 Å². The van der Waals surface area contributed by atoms with Crippen LogP contribution in [0.15, 0.2) is 206 Å². The predicted molar refractivity (Wildman–Crippen MR) is 251 cm³/mol. The van der Waals surface area contributed by atoms with Crippen molar-refractivity contribution >= 4 is 21.8 Å². The molecule has 4 nitrogen and oxygen atoms in total. The topological polar surface area (TPSA) is 43.6 Å². The minimum Gasteiger partial charge on any atom is -0.309 e. The Kier molecular flexibility index (Phi) is 6.73. The highest BCUT2D eigenvalue weighted by Crippen LogP contribution is 2.64. The van der Waals surface area contributed by atoms with E-state index in [0.717, 1.165) is 50.1 Å². The first-order chi connectivity index (χ1) is 30.8. The van der Waals surface area contributed by atoms with Gasteiger partial charge in [-0.2, -0.15) is 0 Å². The molecule has 0 fully saturated rings. The van der Waals surface area contributed by atoms with Crippen LogP contribution in [0.4, 0.5) is 0 Å².